The van der Waals surface area contributed by atoms with Crippen LogP contribution in [0.2, 0.25) is 0 Å². The summed E-state index contributed by atoms with van der Waals surface area (Å²) < 4.78 is 4.83. The Kier molecular flexibility index (Phi) is 6.47. The van der Waals surface area contributed by atoms with Crippen LogP contribution in [0.5, 0.6) is 0 Å². The number of carbonyl (C=O) groups is 2. The smallest absolute Gasteiger partial charge is 0.330 e. The molecule has 0 aliphatic heterocycles. The van der Waals surface area contributed by atoms with Crippen molar-refractivity contribution in [3.05, 3.63) is 65.7 Å². The van der Waals surface area contributed by atoms with E-state index >= 15 is 0 Å². The number of anilines is 1. The van der Waals surface area contributed by atoms with Crippen molar-refractivity contribution in [2.24, 2.45) is 0 Å². The number of amides is 1. The fourth-order valence-electron chi connectivity index (χ4n) is 2.49. The summed E-state index contributed by atoms with van der Waals surface area (Å²) in [6, 6.07) is 14.8. The van der Waals surface area contributed by atoms with Gasteiger partial charge in [-0.3, -0.25) is 4.79 Å². The topological polar surface area (TPSA) is 99.0 Å². The summed E-state index contributed by atoms with van der Waals surface area (Å²) in [5, 5.41) is 14.9. The highest BCUT2D eigenvalue weighted by atomic mass is 16.5. The zero-order valence-corrected chi connectivity index (χ0v) is 16.2. The average Bonchev–Trinajstić information content (AvgIpc) is 3.16. The van der Waals surface area contributed by atoms with Crippen LogP contribution in [0.15, 0.2) is 54.6 Å². The molecule has 0 aliphatic rings. The Morgan fingerprint density at radius 1 is 1.10 bits per heavy atom. The molecule has 0 saturated heterocycles. The molecule has 0 saturated carbocycles. The molecule has 0 radical (unpaired) electrons. The standard InChI is InChI=1S/C21H21N5O3/c1-3-29-20(28)13-8-16-6-11-18(12-7-16)22-19(27)14-26-24-21(23-25-26)17-9-4-15(2)5-10-17/h4-13H,3,14H2,1-2H3,(H,22,27)/b13-8+. The van der Waals surface area contributed by atoms with Crippen LogP contribution in [-0.2, 0) is 20.9 Å². The first-order valence-electron chi connectivity index (χ1n) is 9.13. The third-order valence-corrected chi connectivity index (χ3v) is 3.94. The third-order valence-electron chi connectivity index (χ3n) is 3.94. The number of aryl methyl sites for hydroxylation is 1. The summed E-state index contributed by atoms with van der Waals surface area (Å²) in [6.45, 7) is 4.04. The van der Waals surface area contributed by atoms with Crippen LogP contribution >= 0.6 is 0 Å². The number of nitrogens with zero attached hydrogens (tertiary/aromatic N) is 4. The van der Waals surface area contributed by atoms with E-state index in [1.165, 1.54) is 10.9 Å². The van der Waals surface area contributed by atoms with Crippen molar-refractivity contribution in [2.75, 3.05) is 11.9 Å². The molecule has 0 bridgehead atoms. The molecule has 0 unspecified atom stereocenters. The monoisotopic (exact) mass is 391 g/mol. The summed E-state index contributed by atoms with van der Waals surface area (Å²) in [7, 11) is 0. The van der Waals surface area contributed by atoms with Crippen LogP contribution < -0.4 is 5.32 Å². The lowest BCUT2D eigenvalue weighted by molar-refractivity contribution is -0.137. The first kappa shape index (κ1) is 19.9. The second-order valence-electron chi connectivity index (χ2n) is 6.27. The lowest BCUT2D eigenvalue weighted by Gasteiger charge is -2.04. The molecule has 0 atom stereocenters. The number of ether oxygens (including phenoxy) is 1. The Morgan fingerprint density at radius 3 is 2.52 bits per heavy atom. The minimum absolute atomic E-state index is 0.0522. The molecule has 0 aliphatic carbocycles. The number of tetrazole rings is 1. The summed E-state index contributed by atoms with van der Waals surface area (Å²) in [4.78, 5) is 24.8. The van der Waals surface area contributed by atoms with Crippen molar-refractivity contribution in [3.8, 4) is 11.4 Å². The number of rotatable bonds is 7. The molecule has 0 fully saturated rings. The number of carbonyl (C=O) groups excluding carboxylic acids is 2. The van der Waals surface area contributed by atoms with Gasteiger partial charge in [-0.25, -0.2) is 4.79 Å². The van der Waals surface area contributed by atoms with E-state index in [0.29, 0.717) is 18.1 Å². The van der Waals surface area contributed by atoms with Gasteiger partial charge >= 0.3 is 5.97 Å². The lowest BCUT2D eigenvalue weighted by atomic mass is 10.1. The van der Waals surface area contributed by atoms with Crippen molar-refractivity contribution in [1.29, 1.82) is 0 Å². The number of benzene rings is 2. The van der Waals surface area contributed by atoms with Gasteiger partial charge in [0.1, 0.15) is 6.54 Å². The number of aromatic nitrogens is 4. The fraction of sp³-hybridized carbons (Fsp3) is 0.190. The Balaban J connectivity index is 1.55. The van der Waals surface area contributed by atoms with Crippen LogP contribution in [0.25, 0.3) is 17.5 Å². The van der Waals surface area contributed by atoms with Crippen molar-refractivity contribution in [1.82, 2.24) is 20.2 Å². The van der Waals surface area contributed by atoms with Crippen molar-refractivity contribution in [2.45, 2.75) is 20.4 Å². The van der Waals surface area contributed by atoms with Crippen molar-refractivity contribution in [3.63, 3.8) is 0 Å². The first-order chi connectivity index (χ1) is 14.0. The van der Waals surface area contributed by atoms with Gasteiger partial charge in [0.15, 0.2) is 0 Å². The molecule has 29 heavy (non-hydrogen) atoms. The van der Waals surface area contributed by atoms with E-state index in [4.69, 9.17) is 4.74 Å². The van der Waals surface area contributed by atoms with Gasteiger partial charge in [0.05, 0.1) is 6.61 Å². The highest BCUT2D eigenvalue weighted by molar-refractivity contribution is 5.91. The van der Waals surface area contributed by atoms with Gasteiger partial charge < -0.3 is 10.1 Å². The zero-order chi connectivity index (χ0) is 20.6. The van der Waals surface area contributed by atoms with E-state index in [-0.39, 0.29) is 12.5 Å². The SMILES string of the molecule is CCOC(=O)/C=C/c1ccc(NC(=O)Cn2nnc(-c3ccc(C)cc3)n2)cc1. The highest BCUT2D eigenvalue weighted by Gasteiger charge is 2.09. The molecule has 3 aromatic rings. The lowest BCUT2D eigenvalue weighted by Crippen LogP contribution is -2.20. The summed E-state index contributed by atoms with van der Waals surface area (Å²) >= 11 is 0. The number of esters is 1. The molecule has 1 heterocycles. The van der Waals surface area contributed by atoms with Crippen molar-refractivity contribution >= 4 is 23.6 Å². The second-order valence-corrected chi connectivity index (χ2v) is 6.27. The van der Waals surface area contributed by atoms with E-state index in [1.54, 1.807) is 37.3 Å². The Bertz CT molecular complexity index is 1010. The van der Waals surface area contributed by atoms with Crippen LogP contribution in [0, 0.1) is 6.92 Å². The normalized spacial score (nSPS) is 10.8. The van der Waals surface area contributed by atoms with Gasteiger partial charge in [-0.1, -0.05) is 42.0 Å². The maximum atomic E-state index is 12.2. The third kappa shape index (κ3) is 5.83. The zero-order valence-electron chi connectivity index (χ0n) is 16.2. The summed E-state index contributed by atoms with van der Waals surface area (Å²) in [5.74, 6) is -0.196. The van der Waals surface area contributed by atoms with E-state index in [2.05, 4.69) is 20.7 Å². The molecular formula is C21H21N5O3. The van der Waals surface area contributed by atoms with E-state index < -0.39 is 5.97 Å². The maximum absolute atomic E-state index is 12.2. The summed E-state index contributed by atoms with van der Waals surface area (Å²) in [6.07, 6.45) is 3.01. The van der Waals surface area contributed by atoms with Gasteiger partial charge in [-0.05, 0) is 42.8 Å². The molecular weight excluding hydrogens is 370 g/mol. The maximum Gasteiger partial charge on any atom is 0.330 e. The Morgan fingerprint density at radius 2 is 1.83 bits per heavy atom. The van der Waals surface area contributed by atoms with Gasteiger partial charge in [-0.15, -0.1) is 10.2 Å². The number of hydrogen-bond acceptors (Lipinski definition) is 6. The molecule has 1 aromatic heterocycles. The largest absolute Gasteiger partial charge is 0.463 e. The molecule has 1 N–H and O–H groups in total. The molecule has 0 spiro atoms. The minimum atomic E-state index is -0.393. The van der Waals surface area contributed by atoms with Gasteiger partial charge in [-0.2, -0.15) is 4.80 Å². The quantitative estimate of drug-likeness (QED) is 0.491. The summed E-state index contributed by atoms with van der Waals surface area (Å²) in [5.41, 5.74) is 3.43. The predicted octanol–water partition coefficient (Wildman–Crippen LogP) is 2.86. The average molecular weight is 391 g/mol. The second kappa shape index (κ2) is 9.41. The van der Waals surface area contributed by atoms with E-state index in [1.807, 2.05) is 31.2 Å². The van der Waals surface area contributed by atoms with Crippen LogP contribution in [0.3, 0.4) is 0 Å². The van der Waals surface area contributed by atoms with E-state index in [9.17, 15) is 9.59 Å². The molecule has 2 aromatic carbocycles. The first-order valence-corrected chi connectivity index (χ1v) is 9.13. The van der Waals surface area contributed by atoms with Crippen LogP contribution in [0.4, 0.5) is 5.69 Å². The number of hydrogen-bond donors (Lipinski definition) is 1. The molecule has 8 heteroatoms. The molecule has 148 valence electrons. The van der Waals surface area contributed by atoms with Gasteiger partial charge in [0, 0.05) is 17.3 Å². The van der Waals surface area contributed by atoms with E-state index in [0.717, 1.165) is 16.7 Å². The fourth-order valence-corrected chi connectivity index (χ4v) is 2.49. The molecule has 3 rings (SSSR count). The number of nitrogens with one attached hydrogen (secondary N) is 1. The Labute approximate surface area is 168 Å². The molecule has 1 amide bonds. The predicted molar refractivity (Wildman–Crippen MR) is 109 cm³/mol. The molecule has 8 nitrogen and oxygen atoms in total. The highest BCUT2D eigenvalue weighted by Crippen LogP contribution is 2.14. The Hall–Kier alpha value is -3.81. The van der Waals surface area contributed by atoms with Crippen LogP contribution in [0.1, 0.15) is 18.1 Å². The minimum Gasteiger partial charge on any atom is -0.463 e. The van der Waals surface area contributed by atoms with Crippen molar-refractivity contribution < 1.29 is 14.3 Å². The van der Waals surface area contributed by atoms with Gasteiger partial charge in [0.25, 0.3) is 0 Å². The van der Waals surface area contributed by atoms with Gasteiger partial charge in [0.2, 0.25) is 11.7 Å². The van der Waals surface area contributed by atoms with Crippen LogP contribution in [-0.4, -0.2) is 38.7 Å².